The van der Waals surface area contributed by atoms with Crippen molar-refractivity contribution in [3.63, 3.8) is 0 Å². The van der Waals surface area contributed by atoms with Gasteiger partial charge in [-0.25, -0.2) is 9.37 Å². The number of allylic oxidation sites excluding steroid dienone is 4. The molecule has 3 aromatic rings. The van der Waals surface area contributed by atoms with Crippen LogP contribution < -0.4 is 10.6 Å². The van der Waals surface area contributed by atoms with Gasteiger partial charge in [0.15, 0.2) is 10.8 Å². The molecule has 4 aliphatic rings. The summed E-state index contributed by atoms with van der Waals surface area (Å²) in [5, 5.41) is 9.78. The molecule has 7 nitrogen and oxygen atoms in total. The van der Waals surface area contributed by atoms with Crippen LogP contribution in [0.4, 0.5) is 4.39 Å². The van der Waals surface area contributed by atoms with E-state index in [9.17, 15) is 9.18 Å². The van der Waals surface area contributed by atoms with Gasteiger partial charge in [0.1, 0.15) is 5.82 Å². The number of aliphatic imine (C=N–C) groups is 1. The Morgan fingerprint density at radius 1 is 1.10 bits per heavy atom. The highest BCUT2D eigenvalue weighted by Crippen LogP contribution is 2.44. The van der Waals surface area contributed by atoms with E-state index >= 15 is 0 Å². The minimum Gasteiger partial charge on any atom is -0.355 e. The first-order chi connectivity index (χ1) is 28.8. The maximum absolute atomic E-state index is 13.9. The number of hydrogen-bond acceptors (Lipinski definition) is 7. The van der Waals surface area contributed by atoms with E-state index in [0.29, 0.717) is 30.0 Å². The molecular weight excluding hydrogens is 787 g/mol. The van der Waals surface area contributed by atoms with Crippen LogP contribution in [-0.4, -0.2) is 58.2 Å². The lowest BCUT2D eigenvalue weighted by atomic mass is 9.75. The van der Waals surface area contributed by atoms with Gasteiger partial charge in [-0.1, -0.05) is 90.3 Å². The second kappa shape index (κ2) is 19.2. The number of rotatable bonds is 15. The summed E-state index contributed by atoms with van der Waals surface area (Å²) in [5.41, 5.74) is 12.0. The molecule has 3 atom stereocenters. The summed E-state index contributed by atoms with van der Waals surface area (Å²) >= 11 is 8.00. The van der Waals surface area contributed by atoms with Crippen molar-refractivity contribution in [2.75, 3.05) is 19.6 Å². The summed E-state index contributed by atoms with van der Waals surface area (Å²) in [6, 6.07) is 9.18. The highest BCUT2D eigenvalue weighted by atomic mass is 35.5. The Bertz CT molecular complexity index is 2210. The zero-order valence-corrected chi connectivity index (χ0v) is 37.8. The molecule has 0 aliphatic carbocycles. The summed E-state index contributed by atoms with van der Waals surface area (Å²) < 4.78 is 13.9. The van der Waals surface area contributed by atoms with Crippen molar-refractivity contribution in [3.8, 4) is 0 Å². The predicted octanol–water partition coefficient (Wildman–Crippen LogP) is 11.3. The van der Waals surface area contributed by atoms with Crippen LogP contribution in [0.3, 0.4) is 0 Å². The molecule has 1 aromatic heterocycles. The smallest absolute Gasteiger partial charge is 0.237 e. The molecule has 0 bridgehead atoms. The second-order valence-electron chi connectivity index (χ2n) is 18.0. The molecule has 318 valence electrons. The molecule has 0 saturated carbocycles. The number of fused-ring (bicyclic) bond motifs is 3. The number of unbranched alkanes of at least 4 members (excludes halogenated alkanes) is 4. The van der Waals surface area contributed by atoms with E-state index in [-0.39, 0.29) is 23.2 Å². The van der Waals surface area contributed by atoms with Gasteiger partial charge in [-0.3, -0.25) is 14.7 Å². The van der Waals surface area contributed by atoms with Gasteiger partial charge in [0.25, 0.3) is 0 Å². The normalized spacial score (nSPS) is 20.6. The number of benzene rings is 2. The molecule has 5 heterocycles. The number of hydrogen-bond donors (Lipinski definition) is 2. The van der Waals surface area contributed by atoms with E-state index in [1.54, 1.807) is 12.3 Å². The molecule has 4 aliphatic heterocycles. The van der Waals surface area contributed by atoms with E-state index in [1.807, 2.05) is 11.5 Å². The van der Waals surface area contributed by atoms with Gasteiger partial charge in [-0.05, 0) is 133 Å². The van der Waals surface area contributed by atoms with Crippen LogP contribution in [0.15, 0.2) is 101 Å². The standard InChI is InChI=1S/C50H62ClFN6OS/c1-8-34-26-40-36(27-46(50(5,6)7)58-31-41(32(2)3)33(4)24-45(40)58)25-35(34)16-12-10-9-11-14-20-53-48(59)44-17-13-15-22-57(44)30-38-29-43(39-19-18-37(52)28-42(39)51)56-47(55-38)49-54-21-23-60-49/h18-19,21,23-26,28-29,31,43-44,46H,2,4,8-17,20,22,27,30H2,1,3,5-7H3,(H,53,59)(H,55,56)/t43-,44?,46?/m1/s1. The van der Waals surface area contributed by atoms with Gasteiger partial charge in [0, 0.05) is 58.9 Å². The molecule has 0 radical (unpaired) electrons. The summed E-state index contributed by atoms with van der Waals surface area (Å²) in [5.74, 6) is 0.382. The molecule has 0 spiro atoms. The van der Waals surface area contributed by atoms with Crippen molar-refractivity contribution in [2.24, 2.45) is 10.4 Å². The zero-order valence-electron chi connectivity index (χ0n) is 36.2. The van der Waals surface area contributed by atoms with Gasteiger partial charge >= 0.3 is 0 Å². The fourth-order valence-electron chi connectivity index (χ4n) is 9.24. The molecule has 60 heavy (non-hydrogen) atoms. The maximum atomic E-state index is 13.9. The predicted molar refractivity (Wildman–Crippen MR) is 248 cm³/mol. The minimum absolute atomic E-state index is 0.102. The number of carbonyl (C=O) groups is 1. The number of nitrogens with one attached hydrogen (secondary N) is 2. The van der Waals surface area contributed by atoms with E-state index in [0.717, 1.165) is 97.3 Å². The Morgan fingerprint density at radius 2 is 1.90 bits per heavy atom. The van der Waals surface area contributed by atoms with Crippen LogP contribution >= 0.6 is 22.9 Å². The Balaban J connectivity index is 0.900. The number of aromatic nitrogens is 1. The summed E-state index contributed by atoms with van der Waals surface area (Å²) in [6.07, 6.45) is 20.0. The first-order valence-electron chi connectivity index (χ1n) is 21.9. The molecule has 2 aromatic carbocycles. The Morgan fingerprint density at radius 3 is 2.63 bits per heavy atom. The molecule has 1 fully saturated rings. The fraction of sp³-hybridized carbons (Fsp3) is 0.460. The number of thiazole rings is 1. The second-order valence-corrected chi connectivity index (χ2v) is 19.3. The fourth-order valence-corrected chi connectivity index (χ4v) is 10.1. The van der Waals surface area contributed by atoms with Crippen LogP contribution in [0.2, 0.25) is 5.02 Å². The summed E-state index contributed by atoms with van der Waals surface area (Å²) in [4.78, 5) is 27.8. The van der Waals surface area contributed by atoms with Crippen LogP contribution in [-0.2, 0) is 24.1 Å². The third-order valence-corrected chi connectivity index (χ3v) is 13.6. The van der Waals surface area contributed by atoms with Gasteiger partial charge in [0.05, 0.1) is 12.1 Å². The van der Waals surface area contributed by atoms with Crippen molar-refractivity contribution in [1.82, 2.24) is 25.4 Å². The van der Waals surface area contributed by atoms with Crippen LogP contribution in [0.25, 0.3) is 5.70 Å². The van der Waals surface area contributed by atoms with Crippen molar-refractivity contribution in [3.05, 3.63) is 139 Å². The SMILES string of the molecule is C=C(C)C1=CN2C(=CC1=C)c1cc(CC)c(CCCCCCCNC(=O)C3CCCCN3CC3=C[C@H](c4ccc(F)cc4Cl)N=C(c4nccs4)N3)cc1CC2C(C)(C)C. The average molecular weight is 850 g/mol. The van der Waals surface area contributed by atoms with Gasteiger partial charge in [0.2, 0.25) is 5.91 Å². The average Bonchev–Trinajstić information content (AvgIpc) is 3.76. The molecule has 2 unspecified atom stereocenters. The van der Waals surface area contributed by atoms with Crippen LogP contribution in [0, 0.1) is 11.2 Å². The monoisotopic (exact) mass is 848 g/mol. The van der Waals surface area contributed by atoms with Gasteiger partial charge in [-0.2, -0.15) is 0 Å². The molecule has 1 amide bonds. The Hall–Kier alpha value is -4.31. The third-order valence-electron chi connectivity index (χ3n) is 12.5. The van der Waals surface area contributed by atoms with Crippen molar-refractivity contribution in [2.45, 2.75) is 123 Å². The largest absolute Gasteiger partial charge is 0.355 e. The number of aryl methyl sites for hydroxylation is 2. The van der Waals surface area contributed by atoms with Crippen molar-refractivity contribution < 1.29 is 9.18 Å². The first kappa shape index (κ1) is 43.8. The van der Waals surface area contributed by atoms with E-state index in [1.165, 1.54) is 64.3 Å². The van der Waals surface area contributed by atoms with E-state index in [2.05, 4.69) is 97.6 Å². The summed E-state index contributed by atoms with van der Waals surface area (Å²) in [7, 11) is 0. The van der Waals surface area contributed by atoms with Crippen LogP contribution in [0.1, 0.15) is 125 Å². The number of piperidine rings is 1. The lowest BCUT2D eigenvalue weighted by molar-refractivity contribution is -0.127. The summed E-state index contributed by atoms with van der Waals surface area (Å²) in [6.45, 7) is 22.1. The molecule has 10 heteroatoms. The number of likely N-dealkylation sites (tertiary alicyclic amines) is 1. The number of carbonyl (C=O) groups excluding carboxylic acids is 1. The van der Waals surface area contributed by atoms with Crippen molar-refractivity contribution >= 4 is 40.4 Å². The van der Waals surface area contributed by atoms with Gasteiger partial charge < -0.3 is 15.5 Å². The maximum Gasteiger partial charge on any atom is 0.237 e. The molecule has 2 N–H and O–H groups in total. The van der Waals surface area contributed by atoms with Gasteiger partial charge in [-0.15, -0.1) is 11.3 Å². The number of amides is 1. The highest BCUT2D eigenvalue weighted by molar-refractivity contribution is 7.11. The quantitative estimate of drug-likeness (QED) is 0.149. The van der Waals surface area contributed by atoms with E-state index < -0.39 is 6.04 Å². The molecule has 7 rings (SSSR count). The molecule has 1 saturated heterocycles. The van der Waals surface area contributed by atoms with Crippen molar-refractivity contribution in [1.29, 1.82) is 0 Å². The lowest BCUT2D eigenvalue weighted by Crippen LogP contribution is -2.51. The van der Waals surface area contributed by atoms with E-state index in [4.69, 9.17) is 16.6 Å². The highest BCUT2D eigenvalue weighted by Gasteiger charge is 2.38. The molecular formula is C50H62ClFN6OS. The first-order valence-corrected chi connectivity index (χ1v) is 23.2. The topological polar surface area (TPSA) is 72.9 Å². The minimum atomic E-state index is -0.395. The number of amidine groups is 1. The Labute approximate surface area is 366 Å². The van der Waals surface area contributed by atoms with Crippen LogP contribution in [0.5, 0.6) is 0 Å². The zero-order chi connectivity index (χ0) is 42.6. The number of nitrogens with zero attached hydrogens (tertiary/aromatic N) is 4. The lowest BCUT2D eigenvalue weighted by Gasteiger charge is -2.47. The third kappa shape index (κ3) is 10.1. The number of halogens is 2. The Kier molecular flexibility index (Phi) is 14.0.